The molecule has 0 heterocycles. The molecule has 0 aliphatic heterocycles. The first-order chi connectivity index (χ1) is 7.62. The molecule has 2 unspecified atom stereocenters. The zero-order chi connectivity index (χ0) is 12.0. The van der Waals surface area contributed by atoms with Gasteiger partial charge in [-0.15, -0.1) is 0 Å². The molecular formula is C13H21NO2. The summed E-state index contributed by atoms with van der Waals surface area (Å²) in [7, 11) is 0. The highest BCUT2D eigenvalue weighted by atomic mass is 16.5. The molecule has 0 fully saturated rings. The van der Waals surface area contributed by atoms with Crippen LogP contribution in [-0.4, -0.2) is 24.4 Å². The van der Waals surface area contributed by atoms with Crippen molar-refractivity contribution in [1.82, 2.24) is 0 Å². The van der Waals surface area contributed by atoms with Crippen molar-refractivity contribution in [3.05, 3.63) is 35.9 Å². The monoisotopic (exact) mass is 223 g/mol. The van der Waals surface area contributed by atoms with Crippen LogP contribution in [0.25, 0.3) is 0 Å². The van der Waals surface area contributed by atoms with Crippen LogP contribution in [0, 0.1) is 0 Å². The van der Waals surface area contributed by atoms with Crippen LogP contribution in [0.2, 0.25) is 0 Å². The average molecular weight is 223 g/mol. The molecule has 2 atom stereocenters. The molecule has 3 N–H and O–H groups in total. The summed E-state index contributed by atoms with van der Waals surface area (Å²) in [5, 5.41) is 10.4. The quantitative estimate of drug-likeness (QED) is 0.771. The normalized spacial score (nSPS) is 16.8. The van der Waals surface area contributed by atoms with Gasteiger partial charge in [0.25, 0.3) is 0 Å². The standard InChI is InChI=1S/C13H21NO2/c1-3-11(2)16-10-13(15,9-14)12-7-5-4-6-8-12/h4-8,11,15H,3,9-10,14H2,1-2H3. The SMILES string of the molecule is CCC(C)OCC(O)(CN)c1ccccc1. The summed E-state index contributed by atoms with van der Waals surface area (Å²) in [6.07, 6.45) is 1.07. The van der Waals surface area contributed by atoms with E-state index in [1.54, 1.807) is 0 Å². The van der Waals surface area contributed by atoms with Crippen molar-refractivity contribution in [2.24, 2.45) is 5.73 Å². The topological polar surface area (TPSA) is 55.5 Å². The Morgan fingerprint density at radius 2 is 2.00 bits per heavy atom. The van der Waals surface area contributed by atoms with Crippen LogP contribution in [0.4, 0.5) is 0 Å². The largest absolute Gasteiger partial charge is 0.381 e. The maximum Gasteiger partial charge on any atom is 0.125 e. The number of hydrogen-bond acceptors (Lipinski definition) is 3. The first-order valence-corrected chi connectivity index (χ1v) is 5.72. The van der Waals surface area contributed by atoms with E-state index in [2.05, 4.69) is 6.92 Å². The van der Waals surface area contributed by atoms with Crippen molar-refractivity contribution in [2.75, 3.05) is 13.2 Å². The van der Waals surface area contributed by atoms with Gasteiger partial charge in [-0.3, -0.25) is 0 Å². The fourth-order valence-corrected chi connectivity index (χ4v) is 1.41. The molecule has 1 rings (SSSR count). The third-order valence-corrected chi connectivity index (χ3v) is 2.83. The van der Waals surface area contributed by atoms with Crippen molar-refractivity contribution in [1.29, 1.82) is 0 Å². The van der Waals surface area contributed by atoms with Gasteiger partial charge in [-0.1, -0.05) is 37.3 Å². The van der Waals surface area contributed by atoms with Crippen LogP contribution < -0.4 is 5.73 Å². The van der Waals surface area contributed by atoms with Crippen LogP contribution >= 0.6 is 0 Å². The van der Waals surface area contributed by atoms with E-state index in [-0.39, 0.29) is 19.3 Å². The summed E-state index contributed by atoms with van der Waals surface area (Å²) in [6.45, 7) is 4.44. The van der Waals surface area contributed by atoms with E-state index in [1.165, 1.54) is 0 Å². The molecule has 0 aliphatic carbocycles. The Hall–Kier alpha value is -0.900. The van der Waals surface area contributed by atoms with E-state index in [0.29, 0.717) is 0 Å². The summed E-state index contributed by atoms with van der Waals surface area (Å²) in [6, 6.07) is 9.42. The van der Waals surface area contributed by atoms with Crippen molar-refractivity contribution in [3.8, 4) is 0 Å². The molecule has 0 spiro atoms. The Morgan fingerprint density at radius 1 is 1.38 bits per heavy atom. The fraction of sp³-hybridized carbons (Fsp3) is 0.538. The third kappa shape index (κ3) is 3.30. The Kier molecular flexibility index (Phi) is 4.93. The second-order valence-corrected chi connectivity index (χ2v) is 4.13. The predicted octanol–water partition coefficient (Wildman–Crippen LogP) is 1.65. The summed E-state index contributed by atoms with van der Waals surface area (Å²) in [5.74, 6) is 0. The van der Waals surface area contributed by atoms with Gasteiger partial charge in [0.1, 0.15) is 5.60 Å². The minimum absolute atomic E-state index is 0.141. The van der Waals surface area contributed by atoms with Crippen molar-refractivity contribution in [2.45, 2.75) is 32.0 Å². The highest BCUT2D eigenvalue weighted by Gasteiger charge is 2.28. The Labute approximate surface area is 97.2 Å². The van der Waals surface area contributed by atoms with Crippen LogP contribution in [0.1, 0.15) is 25.8 Å². The van der Waals surface area contributed by atoms with Gasteiger partial charge in [0.05, 0.1) is 12.7 Å². The smallest absolute Gasteiger partial charge is 0.125 e. The number of rotatable bonds is 6. The van der Waals surface area contributed by atoms with E-state index in [9.17, 15) is 5.11 Å². The lowest BCUT2D eigenvalue weighted by molar-refractivity contribution is -0.0682. The number of aliphatic hydroxyl groups is 1. The molecule has 0 radical (unpaired) electrons. The molecule has 0 aromatic heterocycles. The molecule has 16 heavy (non-hydrogen) atoms. The van der Waals surface area contributed by atoms with Crippen molar-refractivity contribution < 1.29 is 9.84 Å². The highest BCUT2D eigenvalue weighted by Crippen LogP contribution is 2.20. The summed E-state index contributed by atoms with van der Waals surface area (Å²) >= 11 is 0. The first-order valence-electron chi connectivity index (χ1n) is 5.72. The van der Waals surface area contributed by atoms with E-state index >= 15 is 0 Å². The molecule has 1 aromatic rings. The minimum atomic E-state index is -1.08. The molecule has 0 bridgehead atoms. The third-order valence-electron chi connectivity index (χ3n) is 2.83. The number of ether oxygens (including phenoxy) is 1. The Balaban J connectivity index is 2.70. The van der Waals surface area contributed by atoms with Gasteiger partial charge >= 0.3 is 0 Å². The van der Waals surface area contributed by atoms with Crippen LogP contribution in [-0.2, 0) is 10.3 Å². The lowest BCUT2D eigenvalue weighted by atomic mass is 9.95. The number of hydrogen-bond donors (Lipinski definition) is 2. The van der Waals surface area contributed by atoms with E-state index in [4.69, 9.17) is 10.5 Å². The van der Waals surface area contributed by atoms with Gasteiger partial charge in [-0.2, -0.15) is 0 Å². The van der Waals surface area contributed by atoms with Crippen LogP contribution in [0.5, 0.6) is 0 Å². The fourth-order valence-electron chi connectivity index (χ4n) is 1.41. The molecule has 0 amide bonds. The zero-order valence-electron chi connectivity index (χ0n) is 10.0. The first kappa shape index (κ1) is 13.2. The van der Waals surface area contributed by atoms with Crippen molar-refractivity contribution >= 4 is 0 Å². The second-order valence-electron chi connectivity index (χ2n) is 4.13. The Morgan fingerprint density at radius 3 is 2.50 bits per heavy atom. The maximum atomic E-state index is 10.4. The number of nitrogens with two attached hydrogens (primary N) is 1. The minimum Gasteiger partial charge on any atom is -0.381 e. The summed E-state index contributed by atoms with van der Waals surface area (Å²) < 4.78 is 5.57. The lowest BCUT2D eigenvalue weighted by Crippen LogP contribution is -2.40. The molecule has 1 aromatic carbocycles. The van der Waals surface area contributed by atoms with E-state index in [0.717, 1.165) is 12.0 Å². The number of benzene rings is 1. The van der Waals surface area contributed by atoms with E-state index in [1.807, 2.05) is 37.3 Å². The molecule has 3 nitrogen and oxygen atoms in total. The lowest BCUT2D eigenvalue weighted by Gasteiger charge is -2.28. The van der Waals surface area contributed by atoms with Gasteiger partial charge in [0.15, 0.2) is 0 Å². The molecule has 90 valence electrons. The van der Waals surface area contributed by atoms with Gasteiger partial charge in [-0.25, -0.2) is 0 Å². The Bertz CT molecular complexity index is 302. The van der Waals surface area contributed by atoms with Crippen LogP contribution in [0.3, 0.4) is 0 Å². The zero-order valence-corrected chi connectivity index (χ0v) is 10.0. The second kappa shape index (κ2) is 5.99. The molecule has 0 saturated heterocycles. The molecule has 0 saturated carbocycles. The average Bonchev–Trinajstić information content (AvgIpc) is 2.36. The predicted molar refractivity (Wildman–Crippen MR) is 65.1 cm³/mol. The summed E-state index contributed by atoms with van der Waals surface area (Å²) in [5.41, 5.74) is 5.36. The highest BCUT2D eigenvalue weighted by molar-refractivity contribution is 5.22. The van der Waals surface area contributed by atoms with Crippen molar-refractivity contribution in [3.63, 3.8) is 0 Å². The van der Waals surface area contributed by atoms with Gasteiger partial charge < -0.3 is 15.6 Å². The summed E-state index contributed by atoms with van der Waals surface area (Å²) in [4.78, 5) is 0. The maximum absolute atomic E-state index is 10.4. The molecular weight excluding hydrogens is 202 g/mol. The van der Waals surface area contributed by atoms with Gasteiger partial charge in [0, 0.05) is 6.54 Å². The molecule has 0 aliphatic rings. The van der Waals surface area contributed by atoms with E-state index < -0.39 is 5.60 Å². The van der Waals surface area contributed by atoms with Crippen LogP contribution in [0.15, 0.2) is 30.3 Å². The molecule has 3 heteroatoms. The van der Waals surface area contributed by atoms with Gasteiger partial charge in [0.2, 0.25) is 0 Å². The van der Waals surface area contributed by atoms with Gasteiger partial charge in [-0.05, 0) is 18.9 Å².